The number of benzene rings is 6. The summed E-state index contributed by atoms with van der Waals surface area (Å²) < 4.78 is 0. The lowest BCUT2D eigenvalue weighted by Crippen LogP contribution is -2.23. The second-order valence-electron chi connectivity index (χ2n) is 11.2. The van der Waals surface area contributed by atoms with E-state index < -0.39 is 0 Å². The van der Waals surface area contributed by atoms with E-state index in [9.17, 15) is 24.3 Å². The van der Waals surface area contributed by atoms with Gasteiger partial charge in [-0.05, 0) is 48.5 Å². The monoisotopic (exact) mass is 629 g/mol. The molecule has 8 rings (SSSR count). The Bertz CT molecular complexity index is 2120. The molecule has 2 aliphatic rings. The van der Waals surface area contributed by atoms with E-state index in [2.05, 4.69) is 10.6 Å². The van der Waals surface area contributed by atoms with Crippen LogP contribution in [0.3, 0.4) is 0 Å². The number of aromatic hydroxyl groups is 1. The molecule has 0 amide bonds. The van der Waals surface area contributed by atoms with Crippen LogP contribution >= 0.6 is 0 Å². The minimum atomic E-state index is -0.339. The Hall–Kier alpha value is -6.80. The third kappa shape index (κ3) is 5.17. The molecule has 232 valence electrons. The molecule has 0 atom stereocenters. The van der Waals surface area contributed by atoms with Crippen LogP contribution < -0.4 is 16.4 Å². The van der Waals surface area contributed by atoms with Crippen molar-refractivity contribution in [2.24, 2.45) is 0 Å². The largest absolute Gasteiger partial charge is 0.507 e. The van der Waals surface area contributed by atoms with Gasteiger partial charge < -0.3 is 21.5 Å². The van der Waals surface area contributed by atoms with Crippen LogP contribution in [0.2, 0.25) is 0 Å². The molecule has 0 saturated heterocycles. The Kier molecular flexibility index (Phi) is 7.59. The van der Waals surface area contributed by atoms with Crippen LogP contribution in [0.1, 0.15) is 63.7 Å². The zero-order valence-electron chi connectivity index (χ0n) is 25.4. The Morgan fingerprint density at radius 2 is 0.750 bits per heavy atom. The van der Waals surface area contributed by atoms with Crippen LogP contribution in [0.25, 0.3) is 0 Å². The molecule has 2 aliphatic carbocycles. The van der Waals surface area contributed by atoms with E-state index in [1.54, 1.807) is 66.7 Å². The van der Waals surface area contributed by atoms with E-state index >= 15 is 0 Å². The third-order valence-electron chi connectivity index (χ3n) is 8.27. The SMILES string of the molecule is Nc1ccc(Nc2ccccc2)c2c1C(=O)c1ccccc1C2=O.O=C1c2ccccc2C(=O)c2c(Nc3ccccc3)ccc(O)c21. The number of carbonyl (C=O) groups excluding carboxylic acids is 4. The number of nitrogens with one attached hydrogen (secondary N) is 2. The number of ketones is 4. The summed E-state index contributed by atoms with van der Waals surface area (Å²) in [6, 6.07) is 38.8. The molecule has 6 aromatic carbocycles. The Labute approximate surface area is 275 Å². The van der Waals surface area contributed by atoms with Crippen molar-refractivity contribution in [3.8, 4) is 5.75 Å². The van der Waals surface area contributed by atoms with Crippen molar-refractivity contribution in [2.75, 3.05) is 16.4 Å². The molecule has 0 saturated carbocycles. The van der Waals surface area contributed by atoms with Crippen LogP contribution in [0, 0.1) is 0 Å². The van der Waals surface area contributed by atoms with Crippen LogP contribution in [-0.2, 0) is 0 Å². The fraction of sp³-hybridized carbons (Fsp3) is 0. The number of anilines is 5. The van der Waals surface area contributed by atoms with E-state index in [-0.39, 0.29) is 45.6 Å². The Balaban J connectivity index is 0.000000152. The molecule has 0 aliphatic heterocycles. The zero-order valence-corrected chi connectivity index (χ0v) is 25.4. The van der Waals surface area contributed by atoms with Gasteiger partial charge in [0.25, 0.3) is 0 Å². The van der Waals surface area contributed by atoms with E-state index in [1.807, 2.05) is 60.7 Å². The normalized spacial score (nSPS) is 12.5. The summed E-state index contributed by atoms with van der Waals surface area (Å²) in [6.07, 6.45) is 0. The number of phenolic OH excluding ortho intramolecular Hbond substituents is 1. The second-order valence-corrected chi connectivity index (χ2v) is 11.2. The lowest BCUT2D eigenvalue weighted by atomic mass is 9.82. The van der Waals surface area contributed by atoms with Gasteiger partial charge in [-0.1, -0.05) is 84.9 Å². The van der Waals surface area contributed by atoms with Crippen molar-refractivity contribution in [1.82, 2.24) is 0 Å². The summed E-state index contributed by atoms with van der Waals surface area (Å²) in [5.74, 6) is -1.19. The summed E-state index contributed by atoms with van der Waals surface area (Å²) in [5, 5.41) is 16.5. The first-order chi connectivity index (χ1) is 23.3. The summed E-state index contributed by atoms with van der Waals surface area (Å²) in [5.41, 5.74) is 11.4. The maximum atomic E-state index is 13.0. The molecular formula is C40H27N3O5. The van der Waals surface area contributed by atoms with Crippen molar-refractivity contribution in [2.45, 2.75) is 0 Å². The molecule has 0 heterocycles. The van der Waals surface area contributed by atoms with Crippen LogP contribution in [0.15, 0.2) is 133 Å². The maximum Gasteiger partial charge on any atom is 0.198 e. The van der Waals surface area contributed by atoms with Crippen LogP contribution in [0.4, 0.5) is 28.4 Å². The summed E-state index contributed by atoms with van der Waals surface area (Å²) >= 11 is 0. The number of rotatable bonds is 4. The van der Waals surface area contributed by atoms with Crippen molar-refractivity contribution >= 4 is 51.6 Å². The van der Waals surface area contributed by atoms with E-state index in [4.69, 9.17) is 5.73 Å². The van der Waals surface area contributed by atoms with Gasteiger partial charge in [0.05, 0.1) is 33.6 Å². The predicted molar refractivity (Wildman–Crippen MR) is 185 cm³/mol. The van der Waals surface area contributed by atoms with Gasteiger partial charge in [-0.15, -0.1) is 0 Å². The summed E-state index contributed by atoms with van der Waals surface area (Å²) in [6.45, 7) is 0. The predicted octanol–water partition coefficient (Wildman–Crippen LogP) is 7.70. The van der Waals surface area contributed by atoms with E-state index in [1.165, 1.54) is 6.07 Å². The molecule has 5 N–H and O–H groups in total. The molecule has 48 heavy (non-hydrogen) atoms. The highest BCUT2D eigenvalue weighted by atomic mass is 16.3. The van der Waals surface area contributed by atoms with Gasteiger partial charge in [0.1, 0.15) is 5.75 Å². The molecule has 8 nitrogen and oxygen atoms in total. The lowest BCUT2D eigenvalue weighted by Gasteiger charge is -2.22. The van der Waals surface area contributed by atoms with Gasteiger partial charge in [-0.3, -0.25) is 19.2 Å². The van der Waals surface area contributed by atoms with Crippen molar-refractivity contribution in [3.63, 3.8) is 0 Å². The minimum Gasteiger partial charge on any atom is -0.507 e. The van der Waals surface area contributed by atoms with Crippen LogP contribution in [0.5, 0.6) is 5.75 Å². The second kappa shape index (κ2) is 12.2. The fourth-order valence-corrected chi connectivity index (χ4v) is 6.02. The van der Waals surface area contributed by atoms with Gasteiger partial charge in [0, 0.05) is 39.3 Å². The first-order valence-electron chi connectivity index (χ1n) is 15.1. The molecular weight excluding hydrogens is 602 g/mol. The first-order valence-corrected chi connectivity index (χ1v) is 15.1. The summed E-state index contributed by atoms with van der Waals surface area (Å²) in [7, 11) is 0. The average molecular weight is 630 g/mol. The lowest BCUT2D eigenvalue weighted by molar-refractivity contribution is 0.0977. The first kappa shape index (κ1) is 29.9. The molecule has 0 unspecified atom stereocenters. The number of hydrogen-bond donors (Lipinski definition) is 4. The number of nitrogen functional groups attached to an aromatic ring is 1. The van der Waals surface area contributed by atoms with Crippen molar-refractivity contribution in [1.29, 1.82) is 0 Å². The quantitative estimate of drug-likeness (QED) is 0.115. The van der Waals surface area contributed by atoms with Gasteiger partial charge in [0.2, 0.25) is 0 Å². The number of hydrogen-bond acceptors (Lipinski definition) is 8. The number of fused-ring (bicyclic) bond motifs is 4. The molecule has 0 aromatic heterocycles. The van der Waals surface area contributed by atoms with Gasteiger partial charge in [-0.25, -0.2) is 0 Å². The molecule has 0 fully saturated rings. The van der Waals surface area contributed by atoms with Crippen molar-refractivity contribution in [3.05, 3.63) is 178 Å². The highest BCUT2D eigenvalue weighted by molar-refractivity contribution is 6.32. The average Bonchev–Trinajstić information content (AvgIpc) is 3.12. The molecule has 0 bridgehead atoms. The molecule has 6 aromatic rings. The van der Waals surface area contributed by atoms with E-state index in [0.717, 1.165) is 11.4 Å². The Morgan fingerprint density at radius 1 is 0.396 bits per heavy atom. The maximum absolute atomic E-state index is 13.0. The van der Waals surface area contributed by atoms with Crippen molar-refractivity contribution < 1.29 is 24.3 Å². The fourth-order valence-electron chi connectivity index (χ4n) is 6.02. The standard InChI is InChI=1S/C20H14N2O2.C20H13NO3/c21-15-10-11-16(22-12-6-2-1-3-7-12)18-17(15)19(23)13-8-4-5-9-14(13)20(18)24;22-16-11-10-15(21-12-6-2-1-3-7-12)17-18(16)20(24)14-9-5-4-8-13(14)19(17)23/h1-11,22H,21H2;1-11,21-22H. The number of nitrogens with two attached hydrogens (primary N) is 1. The molecule has 8 heteroatoms. The van der Waals surface area contributed by atoms with E-state index in [0.29, 0.717) is 44.9 Å². The minimum absolute atomic E-state index is 0.0552. The number of para-hydroxylation sites is 2. The summed E-state index contributed by atoms with van der Waals surface area (Å²) in [4.78, 5) is 51.4. The van der Waals surface area contributed by atoms with Crippen LogP contribution in [-0.4, -0.2) is 28.2 Å². The Morgan fingerprint density at radius 3 is 1.21 bits per heavy atom. The topological polar surface area (TPSA) is 139 Å². The smallest absolute Gasteiger partial charge is 0.198 e. The highest BCUT2D eigenvalue weighted by Crippen LogP contribution is 2.38. The van der Waals surface area contributed by atoms with Gasteiger partial charge in [-0.2, -0.15) is 0 Å². The molecule has 0 radical (unpaired) electrons. The third-order valence-corrected chi connectivity index (χ3v) is 8.27. The zero-order chi connectivity index (χ0) is 33.4. The number of carbonyl (C=O) groups is 4. The highest BCUT2D eigenvalue weighted by Gasteiger charge is 2.35. The molecule has 0 spiro atoms. The van der Waals surface area contributed by atoms with Gasteiger partial charge >= 0.3 is 0 Å². The van der Waals surface area contributed by atoms with Gasteiger partial charge in [0.15, 0.2) is 23.1 Å². The number of phenols is 1.